The fourth-order valence-corrected chi connectivity index (χ4v) is 5.04. The number of alkyl carbamates (subject to hydrolysis) is 1. The van der Waals surface area contributed by atoms with Crippen molar-refractivity contribution in [3.05, 3.63) is 34.9 Å². The molecule has 2 unspecified atom stereocenters. The van der Waals surface area contributed by atoms with E-state index in [2.05, 4.69) is 23.6 Å². The highest BCUT2D eigenvalue weighted by Crippen LogP contribution is 2.27. The van der Waals surface area contributed by atoms with Crippen molar-refractivity contribution in [2.45, 2.75) is 130 Å². The van der Waals surface area contributed by atoms with Crippen molar-refractivity contribution in [3.8, 4) is 0 Å². The van der Waals surface area contributed by atoms with E-state index in [0.29, 0.717) is 6.54 Å². The van der Waals surface area contributed by atoms with Crippen molar-refractivity contribution < 1.29 is 19.1 Å². The van der Waals surface area contributed by atoms with Crippen molar-refractivity contribution >= 4 is 17.9 Å². The monoisotopic (exact) mass is 515 g/mol. The van der Waals surface area contributed by atoms with Gasteiger partial charge in [-0.15, -0.1) is 0 Å². The van der Waals surface area contributed by atoms with Gasteiger partial charge in [0, 0.05) is 12.6 Å². The Bertz CT molecular complexity index is 882. The van der Waals surface area contributed by atoms with E-state index in [1.165, 1.54) is 6.42 Å². The minimum Gasteiger partial charge on any atom is -0.444 e. The van der Waals surface area contributed by atoms with E-state index in [9.17, 15) is 14.4 Å². The second-order valence-corrected chi connectivity index (χ2v) is 11.6. The molecule has 0 radical (unpaired) electrons. The smallest absolute Gasteiger partial charge is 0.408 e. The van der Waals surface area contributed by atoms with Crippen LogP contribution in [0.4, 0.5) is 4.79 Å². The number of carbonyl (C=O) groups is 3. The standard InChI is InChI=1S/C30H49N3O4/c1-8-9-10-14-17-33(28(35)23(4)31-29(36)37-30(5,6)7)26(24-19-21(2)18-22(3)20-24)27(34)32-25-15-12-11-13-16-25/h18-20,23,25-26H,8-17H2,1-7H3,(H,31,36)(H,32,34). The summed E-state index contributed by atoms with van der Waals surface area (Å²) in [5, 5.41) is 5.94. The lowest BCUT2D eigenvalue weighted by molar-refractivity contribution is -0.142. The summed E-state index contributed by atoms with van der Waals surface area (Å²) < 4.78 is 5.38. The minimum absolute atomic E-state index is 0.129. The maximum atomic E-state index is 13.9. The topological polar surface area (TPSA) is 87.7 Å². The maximum Gasteiger partial charge on any atom is 0.408 e. The van der Waals surface area contributed by atoms with Crippen LogP contribution in [0.1, 0.15) is 115 Å². The molecule has 1 aromatic carbocycles. The summed E-state index contributed by atoms with van der Waals surface area (Å²) in [5.41, 5.74) is 2.22. The third-order valence-corrected chi connectivity index (χ3v) is 6.71. The van der Waals surface area contributed by atoms with Crippen molar-refractivity contribution in [1.82, 2.24) is 15.5 Å². The molecule has 0 spiro atoms. The Morgan fingerprint density at radius 3 is 2.19 bits per heavy atom. The number of rotatable bonds is 11. The fraction of sp³-hybridized carbons (Fsp3) is 0.700. The van der Waals surface area contributed by atoms with E-state index in [0.717, 1.165) is 68.1 Å². The molecule has 2 N–H and O–H groups in total. The van der Waals surface area contributed by atoms with E-state index in [-0.39, 0.29) is 17.9 Å². The highest BCUT2D eigenvalue weighted by Gasteiger charge is 2.35. The van der Waals surface area contributed by atoms with Crippen molar-refractivity contribution in [3.63, 3.8) is 0 Å². The zero-order chi connectivity index (χ0) is 27.6. The van der Waals surface area contributed by atoms with Gasteiger partial charge in [0.05, 0.1) is 0 Å². The van der Waals surface area contributed by atoms with Crippen molar-refractivity contribution in [1.29, 1.82) is 0 Å². The Morgan fingerprint density at radius 1 is 1.00 bits per heavy atom. The average Bonchev–Trinajstić information content (AvgIpc) is 2.79. The molecule has 2 atom stereocenters. The number of benzene rings is 1. The van der Waals surface area contributed by atoms with Gasteiger partial charge in [-0.2, -0.15) is 0 Å². The molecule has 0 bridgehead atoms. The van der Waals surface area contributed by atoms with Crippen LogP contribution in [-0.2, 0) is 14.3 Å². The first-order chi connectivity index (χ1) is 17.4. The Labute approximate surface area is 224 Å². The van der Waals surface area contributed by atoms with Crippen molar-refractivity contribution in [2.75, 3.05) is 6.54 Å². The number of unbranched alkanes of at least 4 members (excludes halogenated alkanes) is 3. The SMILES string of the molecule is CCCCCCN(C(=O)C(C)NC(=O)OC(C)(C)C)C(C(=O)NC1CCCCC1)c1cc(C)cc(C)c1. The number of nitrogens with zero attached hydrogens (tertiary/aromatic N) is 1. The number of ether oxygens (including phenoxy) is 1. The molecule has 0 saturated heterocycles. The highest BCUT2D eigenvalue weighted by atomic mass is 16.6. The second-order valence-electron chi connectivity index (χ2n) is 11.6. The van der Waals surface area contributed by atoms with Crippen LogP contribution in [0.3, 0.4) is 0 Å². The molecule has 0 aromatic heterocycles. The summed E-state index contributed by atoms with van der Waals surface area (Å²) in [4.78, 5) is 41.9. The van der Waals surface area contributed by atoms with Crippen LogP contribution in [0, 0.1) is 13.8 Å². The third-order valence-electron chi connectivity index (χ3n) is 6.71. The van der Waals surface area contributed by atoms with Gasteiger partial charge < -0.3 is 20.3 Å². The number of nitrogens with one attached hydrogen (secondary N) is 2. The van der Waals surface area contributed by atoms with Gasteiger partial charge in [0.2, 0.25) is 11.8 Å². The quantitative estimate of drug-likeness (QED) is 0.348. The van der Waals surface area contributed by atoms with Crippen molar-refractivity contribution in [2.24, 2.45) is 0 Å². The Balaban J connectivity index is 2.39. The first kappa shape index (κ1) is 30.7. The maximum absolute atomic E-state index is 13.9. The summed E-state index contributed by atoms with van der Waals surface area (Å²) in [7, 11) is 0. The summed E-state index contributed by atoms with van der Waals surface area (Å²) in [6, 6.07) is 4.59. The van der Waals surface area contributed by atoms with E-state index in [4.69, 9.17) is 4.74 Å². The molecule has 1 saturated carbocycles. The predicted octanol–water partition coefficient (Wildman–Crippen LogP) is 6.12. The lowest BCUT2D eigenvalue weighted by Crippen LogP contribution is -2.53. The van der Waals surface area contributed by atoms with Crippen LogP contribution in [0.25, 0.3) is 0 Å². The van der Waals surface area contributed by atoms with E-state index < -0.39 is 23.8 Å². The van der Waals surface area contributed by atoms with Gasteiger partial charge in [-0.3, -0.25) is 9.59 Å². The molecule has 3 amide bonds. The lowest BCUT2D eigenvalue weighted by atomic mass is 9.94. The minimum atomic E-state index is -0.836. The van der Waals surface area contributed by atoms with Gasteiger partial charge in [0.15, 0.2) is 0 Å². The molecular formula is C30H49N3O4. The Morgan fingerprint density at radius 2 is 1.62 bits per heavy atom. The molecule has 208 valence electrons. The molecule has 2 rings (SSSR count). The Hall–Kier alpha value is -2.57. The largest absolute Gasteiger partial charge is 0.444 e. The normalized spacial score (nSPS) is 16.0. The molecule has 0 aliphatic heterocycles. The molecule has 1 fully saturated rings. The molecule has 1 aliphatic carbocycles. The molecule has 7 heteroatoms. The lowest BCUT2D eigenvalue weighted by Gasteiger charge is -2.35. The molecule has 1 aliphatic rings. The fourth-order valence-electron chi connectivity index (χ4n) is 5.04. The zero-order valence-corrected chi connectivity index (χ0v) is 24.1. The van der Waals surface area contributed by atoms with Crippen LogP contribution < -0.4 is 10.6 Å². The molecule has 7 nitrogen and oxygen atoms in total. The Kier molecular flexibility index (Phi) is 11.9. The van der Waals surface area contributed by atoms with E-state index >= 15 is 0 Å². The molecule has 0 heterocycles. The van der Waals surface area contributed by atoms with E-state index in [1.54, 1.807) is 32.6 Å². The van der Waals surface area contributed by atoms with Gasteiger partial charge in [0.25, 0.3) is 0 Å². The van der Waals surface area contributed by atoms with Crippen LogP contribution in [0.15, 0.2) is 18.2 Å². The van der Waals surface area contributed by atoms with Gasteiger partial charge in [-0.25, -0.2) is 4.79 Å². The number of carbonyl (C=O) groups excluding carboxylic acids is 3. The van der Waals surface area contributed by atoms with Crippen LogP contribution >= 0.6 is 0 Å². The van der Waals surface area contributed by atoms with Gasteiger partial charge >= 0.3 is 6.09 Å². The number of hydrogen-bond donors (Lipinski definition) is 2. The number of amides is 3. The summed E-state index contributed by atoms with van der Waals surface area (Å²) >= 11 is 0. The van der Waals surface area contributed by atoms with Crippen LogP contribution in [0.5, 0.6) is 0 Å². The van der Waals surface area contributed by atoms with Crippen LogP contribution in [0.2, 0.25) is 0 Å². The zero-order valence-electron chi connectivity index (χ0n) is 24.1. The first-order valence-corrected chi connectivity index (χ1v) is 14.1. The molecular weight excluding hydrogens is 466 g/mol. The predicted molar refractivity (Wildman–Crippen MR) is 148 cm³/mol. The van der Waals surface area contributed by atoms with Gasteiger partial charge in [-0.1, -0.05) is 74.8 Å². The number of hydrogen-bond acceptors (Lipinski definition) is 4. The van der Waals surface area contributed by atoms with Gasteiger partial charge in [-0.05, 0) is 66.4 Å². The third kappa shape index (κ3) is 10.4. The highest BCUT2D eigenvalue weighted by molar-refractivity contribution is 5.92. The second kappa shape index (κ2) is 14.4. The summed E-state index contributed by atoms with van der Waals surface area (Å²) in [6.45, 7) is 13.6. The average molecular weight is 516 g/mol. The van der Waals surface area contributed by atoms with E-state index in [1.807, 2.05) is 26.0 Å². The molecule has 37 heavy (non-hydrogen) atoms. The summed E-state index contributed by atoms with van der Waals surface area (Å²) in [6.07, 6.45) is 8.60. The first-order valence-electron chi connectivity index (χ1n) is 14.1. The number of aryl methyl sites for hydroxylation is 2. The van der Waals surface area contributed by atoms with Gasteiger partial charge in [0.1, 0.15) is 17.7 Å². The van der Waals surface area contributed by atoms with Crippen LogP contribution in [-0.4, -0.2) is 47.0 Å². The summed E-state index contributed by atoms with van der Waals surface area (Å²) in [5.74, 6) is -0.435. The molecule has 1 aromatic rings.